The first-order chi connectivity index (χ1) is 13.7. The summed E-state index contributed by atoms with van der Waals surface area (Å²) in [6.07, 6.45) is 2.96. The van der Waals surface area contributed by atoms with Crippen LogP contribution in [0, 0.1) is 10.1 Å². The van der Waals surface area contributed by atoms with Crippen molar-refractivity contribution in [2.75, 3.05) is 18.0 Å². The van der Waals surface area contributed by atoms with Gasteiger partial charge < -0.3 is 10.6 Å². The van der Waals surface area contributed by atoms with Crippen molar-refractivity contribution in [3.8, 4) is 11.1 Å². The van der Waals surface area contributed by atoms with Crippen molar-refractivity contribution in [2.45, 2.75) is 6.42 Å². The number of nitro groups is 1. The highest BCUT2D eigenvalue weighted by molar-refractivity contribution is 5.93. The Morgan fingerprint density at radius 1 is 1.04 bits per heavy atom. The minimum absolute atomic E-state index is 0.0852. The van der Waals surface area contributed by atoms with Gasteiger partial charge in [0.05, 0.1) is 10.6 Å². The minimum Gasteiger partial charge on any atom is -0.330 e. The molecular formula is C21H20N4O3. The number of aromatic nitrogens is 1. The van der Waals surface area contributed by atoms with E-state index in [1.54, 1.807) is 17.0 Å². The van der Waals surface area contributed by atoms with E-state index in [4.69, 9.17) is 5.73 Å². The Morgan fingerprint density at radius 3 is 2.46 bits per heavy atom. The average Bonchev–Trinajstić information content (AvgIpc) is 2.74. The molecule has 0 saturated carbocycles. The number of nitrogens with zero attached hydrogens (tertiary/aromatic N) is 3. The zero-order chi connectivity index (χ0) is 19.9. The molecule has 3 aromatic rings. The second-order valence-electron chi connectivity index (χ2n) is 6.12. The van der Waals surface area contributed by atoms with Crippen LogP contribution in [-0.2, 0) is 0 Å². The third kappa shape index (κ3) is 3.89. The second kappa shape index (κ2) is 8.88. The zero-order valence-corrected chi connectivity index (χ0v) is 15.2. The van der Waals surface area contributed by atoms with Crippen molar-refractivity contribution in [3.63, 3.8) is 0 Å². The fraction of sp³-hybridized carbons (Fsp3) is 0.143. The quantitative estimate of drug-likeness (QED) is 0.363. The van der Waals surface area contributed by atoms with Crippen molar-refractivity contribution in [2.24, 2.45) is 5.73 Å². The smallest absolute Gasteiger partial charge is 0.311 e. The first kappa shape index (κ1) is 19.2. The van der Waals surface area contributed by atoms with Crippen molar-refractivity contribution in [1.29, 1.82) is 0 Å². The number of anilines is 2. The predicted molar refractivity (Wildman–Crippen MR) is 109 cm³/mol. The lowest BCUT2D eigenvalue weighted by Gasteiger charge is -2.26. The molecule has 142 valence electrons. The highest BCUT2D eigenvalue weighted by Gasteiger charge is 2.24. The molecule has 2 N–H and O–H groups in total. The van der Waals surface area contributed by atoms with Crippen molar-refractivity contribution in [1.82, 2.24) is 4.98 Å². The number of carbonyl (C=O) groups excluding carboxylic acids is 1. The van der Waals surface area contributed by atoms with Crippen molar-refractivity contribution < 1.29 is 9.72 Å². The second-order valence-corrected chi connectivity index (χ2v) is 6.12. The number of carbonyl (C=O) groups is 1. The molecule has 7 heteroatoms. The lowest BCUT2D eigenvalue weighted by molar-refractivity contribution is -0.384. The Labute approximate surface area is 162 Å². The van der Waals surface area contributed by atoms with Crippen LogP contribution >= 0.6 is 0 Å². The lowest BCUT2D eigenvalue weighted by atomic mass is 9.98. The molecule has 0 aliphatic carbocycles. The normalized spacial score (nSPS) is 10.5. The van der Waals surface area contributed by atoms with E-state index in [-0.39, 0.29) is 11.5 Å². The van der Waals surface area contributed by atoms with Gasteiger partial charge in [0, 0.05) is 29.9 Å². The number of hydrogen-bond acceptors (Lipinski definition) is 6. The predicted octanol–water partition coefficient (Wildman–Crippen LogP) is 3.96. The number of benzene rings is 2. The zero-order valence-electron chi connectivity index (χ0n) is 15.2. The molecule has 0 atom stereocenters. The van der Waals surface area contributed by atoms with E-state index in [9.17, 15) is 14.9 Å². The minimum atomic E-state index is -0.445. The highest BCUT2D eigenvalue weighted by Crippen LogP contribution is 2.38. The molecule has 0 spiro atoms. The van der Waals surface area contributed by atoms with Crippen LogP contribution < -0.4 is 10.6 Å². The third-order valence-corrected chi connectivity index (χ3v) is 4.38. The fourth-order valence-corrected chi connectivity index (χ4v) is 3.11. The van der Waals surface area contributed by atoms with Crippen LogP contribution in [0.1, 0.15) is 16.8 Å². The molecule has 0 unspecified atom stereocenters. The van der Waals surface area contributed by atoms with Crippen LogP contribution in [0.5, 0.6) is 0 Å². The summed E-state index contributed by atoms with van der Waals surface area (Å²) in [4.78, 5) is 28.7. The molecule has 0 aliphatic rings. The van der Waals surface area contributed by atoms with Gasteiger partial charge in [0.25, 0.3) is 0 Å². The number of rotatable bonds is 8. The SMILES string of the molecule is NCCCN(c1ccccc1-c1ccccc1C=O)c1ncccc1[N+](=O)[O-]. The highest BCUT2D eigenvalue weighted by atomic mass is 16.6. The Balaban J connectivity index is 2.21. The van der Waals surface area contributed by atoms with Crippen molar-refractivity contribution >= 4 is 23.5 Å². The Hall–Kier alpha value is -3.58. The monoisotopic (exact) mass is 376 g/mol. The maximum atomic E-state index is 11.6. The summed E-state index contributed by atoms with van der Waals surface area (Å²) < 4.78 is 0. The van der Waals surface area contributed by atoms with Crippen LogP contribution in [0.3, 0.4) is 0 Å². The molecule has 3 rings (SSSR count). The first-order valence-corrected chi connectivity index (χ1v) is 8.88. The molecule has 1 aromatic heterocycles. The van der Waals surface area contributed by atoms with Crippen LogP contribution in [0.15, 0.2) is 66.9 Å². The van der Waals surface area contributed by atoms with Crippen LogP contribution in [-0.4, -0.2) is 29.3 Å². The summed E-state index contributed by atoms with van der Waals surface area (Å²) in [6, 6.07) is 17.7. The van der Waals surface area contributed by atoms with Gasteiger partial charge in [-0.1, -0.05) is 42.5 Å². The number of aldehydes is 1. The van der Waals surface area contributed by atoms with Gasteiger partial charge in [-0.2, -0.15) is 0 Å². The molecule has 7 nitrogen and oxygen atoms in total. The van der Waals surface area contributed by atoms with Gasteiger partial charge >= 0.3 is 5.69 Å². The van der Waals surface area contributed by atoms with E-state index in [1.807, 2.05) is 36.4 Å². The van der Waals surface area contributed by atoms with E-state index in [2.05, 4.69) is 4.98 Å². The average molecular weight is 376 g/mol. The maximum Gasteiger partial charge on any atom is 0.311 e. The summed E-state index contributed by atoms with van der Waals surface area (Å²) in [5, 5.41) is 11.6. The number of pyridine rings is 1. The molecule has 28 heavy (non-hydrogen) atoms. The van der Waals surface area contributed by atoms with Gasteiger partial charge in [-0.3, -0.25) is 14.9 Å². The third-order valence-electron chi connectivity index (χ3n) is 4.38. The summed E-state index contributed by atoms with van der Waals surface area (Å²) in [6.45, 7) is 0.888. The van der Waals surface area contributed by atoms with Crippen LogP contribution in [0.25, 0.3) is 11.1 Å². The van der Waals surface area contributed by atoms with E-state index in [1.165, 1.54) is 18.3 Å². The summed E-state index contributed by atoms with van der Waals surface area (Å²) in [7, 11) is 0. The molecule has 0 radical (unpaired) electrons. The topological polar surface area (TPSA) is 102 Å². The van der Waals surface area contributed by atoms with Gasteiger partial charge in [-0.25, -0.2) is 4.98 Å². The van der Waals surface area contributed by atoms with Crippen LogP contribution in [0.4, 0.5) is 17.2 Å². The number of hydrogen-bond donors (Lipinski definition) is 1. The Morgan fingerprint density at radius 2 is 1.75 bits per heavy atom. The summed E-state index contributed by atoms with van der Waals surface area (Å²) in [5.74, 6) is 0.247. The van der Waals surface area contributed by atoms with E-state index in [0.717, 1.165) is 23.1 Å². The van der Waals surface area contributed by atoms with Gasteiger partial charge in [0.2, 0.25) is 5.82 Å². The molecule has 0 bridgehead atoms. The van der Waals surface area contributed by atoms with E-state index >= 15 is 0 Å². The lowest BCUT2D eigenvalue weighted by Crippen LogP contribution is -2.23. The largest absolute Gasteiger partial charge is 0.330 e. The van der Waals surface area contributed by atoms with E-state index < -0.39 is 4.92 Å². The molecule has 2 aromatic carbocycles. The van der Waals surface area contributed by atoms with Crippen molar-refractivity contribution in [3.05, 3.63) is 82.5 Å². The van der Waals surface area contributed by atoms with Gasteiger partial charge in [0.1, 0.15) is 0 Å². The first-order valence-electron chi connectivity index (χ1n) is 8.88. The fourth-order valence-electron chi connectivity index (χ4n) is 3.11. The molecule has 1 heterocycles. The van der Waals surface area contributed by atoms with Gasteiger partial charge in [0.15, 0.2) is 6.29 Å². The van der Waals surface area contributed by atoms with Crippen LogP contribution in [0.2, 0.25) is 0 Å². The summed E-state index contributed by atoms with van der Waals surface area (Å²) >= 11 is 0. The summed E-state index contributed by atoms with van der Waals surface area (Å²) in [5.41, 5.74) is 8.44. The molecule has 0 amide bonds. The Bertz CT molecular complexity index is 991. The maximum absolute atomic E-state index is 11.6. The molecular weight excluding hydrogens is 356 g/mol. The molecule has 0 aliphatic heterocycles. The Kier molecular flexibility index (Phi) is 6.08. The van der Waals surface area contributed by atoms with Gasteiger partial charge in [-0.05, 0) is 30.7 Å². The van der Waals surface area contributed by atoms with E-state index in [0.29, 0.717) is 25.1 Å². The number of nitrogens with two attached hydrogens (primary N) is 1. The number of para-hydroxylation sites is 1. The molecule has 0 saturated heterocycles. The standard InChI is InChI=1S/C21H20N4O3/c22-12-6-14-24(21-20(25(27)28)11-5-13-23-21)19-10-4-3-9-18(19)17-8-2-1-7-16(17)15-26/h1-5,7-11,13,15H,6,12,14,22H2. The van der Waals surface area contributed by atoms with Gasteiger partial charge in [-0.15, -0.1) is 0 Å². The molecule has 0 fully saturated rings.